The van der Waals surface area contributed by atoms with Crippen LogP contribution in [0.2, 0.25) is 0 Å². The van der Waals surface area contributed by atoms with Crippen molar-refractivity contribution in [1.82, 2.24) is 9.97 Å². The summed E-state index contributed by atoms with van der Waals surface area (Å²) in [6.45, 7) is 2.36. The average molecular weight is 198 g/mol. The van der Waals surface area contributed by atoms with Gasteiger partial charge < -0.3 is 10.1 Å². The fourth-order valence-corrected chi connectivity index (χ4v) is 0.973. The minimum absolute atomic E-state index is 0.0408. The lowest BCUT2D eigenvalue weighted by Gasteiger charge is -2.04. The Bertz CT molecular complexity index is 342. The molecule has 1 rings (SSSR count). The molecule has 0 spiro atoms. The Hall–Kier alpha value is -1.92. The van der Waals surface area contributed by atoms with E-state index in [0.29, 0.717) is 6.54 Å². The number of nitrogens with one attached hydrogen (secondary N) is 1. The number of anilines is 1. The van der Waals surface area contributed by atoms with Gasteiger partial charge in [-0.3, -0.25) is 10.1 Å². The van der Waals surface area contributed by atoms with Crippen molar-refractivity contribution in [3.8, 4) is 5.88 Å². The standard InChI is InChI=1S/C7H10N4O3/c1-3-8-6-5(11(12)13)7(14-2)10-4-9-6/h4H,3H2,1-2H3,(H,8,9,10). The fourth-order valence-electron chi connectivity index (χ4n) is 0.973. The van der Waals surface area contributed by atoms with Crippen molar-refractivity contribution in [2.75, 3.05) is 19.0 Å². The van der Waals surface area contributed by atoms with Gasteiger partial charge in [0, 0.05) is 6.54 Å². The molecule has 0 aliphatic rings. The van der Waals surface area contributed by atoms with Gasteiger partial charge in [-0.1, -0.05) is 0 Å². The summed E-state index contributed by atoms with van der Waals surface area (Å²) in [6.07, 6.45) is 1.21. The van der Waals surface area contributed by atoms with Crippen LogP contribution in [0.15, 0.2) is 6.33 Å². The second-order valence-corrected chi connectivity index (χ2v) is 2.37. The average Bonchev–Trinajstić information content (AvgIpc) is 2.17. The van der Waals surface area contributed by atoms with Crippen molar-refractivity contribution >= 4 is 11.5 Å². The Labute approximate surface area is 80.3 Å². The van der Waals surface area contributed by atoms with Gasteiger partial charge in [0.1, 0.15) is 6.33 Å². The summed E-state index contributed by atoms with van der Waals surface area (Å²) in [6, 6.07) is 0. The van der Waals surface area contributed by atoms with Gasteiger partial charge in [-0.25, -0.2) is 4.98 Å². The molecule has 1 heterocycles. The molecule has 0 amide bonds. The van der Waals surface area contributed by atoms with Crippen molar-refractivity contribution < 1.29 is 9.66 Å². The first-order valence-corrected chi connectivity index (χ1v) is 3.98. The largest absolute Gasteiger partial charge is 0.476 e. The molecule has 0 aliphatic heterocycles. The molecule has 0 unspecified atom stereocenters. The van der Waals surface area contributed by atoms with Crippen LogP contribution in [0.1, 0.15) is 6.92 Å². The van der Waals surface area contributed by atoms with E-state index in [4.69, 9.17) is 4.74 Å². The first-order valence-electron chi connectivity index (χ1n) is 3.98. The molecule has 1 aromatic rings. The maximum atomic E-state index is 10.7. The molecule has 0 fully saturated rings. The maximum Gasteiger partial charge on any atom is 0.372 e. The van der Waals surface area contributed by atoms with Crippen molar-refractivity contribution in [1.29, 1.82) is 0 Å². The summed E-state index contributed by atoms with van der Waals surface area (Å²) < 4.78 is 4.76. The lowest BCUT2D eigenvalue weighted by atomic mass is 10.4. The first-order chi connectivity index (χ1) is 6.70. The molecule has 76 valence electrons. The molecule has 0 bridgehead atoms. The number of aromatic nitrogens is 2. The second-order valence-electron chi connectivity index (χ2n) is 2.37. The van der Waals surface area contributed by atoms with E-state index in [1.807, 2.05) is 6.92 Å². The number of rotatable bonds is 4. The van der Waals surface area contributed by atoms with Gasteiger partial charge in [0.25, 0.3) is 5.88 Å². The molecular weight excluding hydrogens is 188 g/mol. The summed E-state index contributed by atoms with van der Waals surface area (Å²) in [5.74, 6) is 0.130. The van der Waals surface area contributed by atoms with Crippen LogP contribution in [0.25, 0.3) is 0 Å². The van der Waals surface area contributed by atoms with Crippen molar-refractivity contribution in [3.63, 3.8) is 0 Å². The molecule has 1 aromatic heterocycles. The third-order valence-electron chi connectivity index (χ3n) is 1.51. The summed E-state index contributed by atoms with van der Waals surface area (Å²) in [5, 5.41) is 13.4. The fraction of sp³-hybridized carbons (Fsp3) is 0.429. The summed E-state index contributed by atoms with van der Waals surface area (Å²) >= 11 is 0. The SMILES string of the molecule is CCNc1ncnc(OC)c1[N+](=O)[O-]. The second kappa shape index (κ2) is 4.35. The lowest BCUT2D eigenvalue weighted by Crippen LogP contribution is -2.06. The summed E-state index contributed by atoms with van der Waals surface area (Å²) in [4.78, 5) is 17.5. The van der Waals surface area contributed by atoms with Crippen LogP contribution in [-0.4, -0.2) is 28.5 Å². The van der Waals surface area contributed by atoms with Gasteiger partial charge in [0.15, 0.2) is 0 Å². The summed E-state index contributed by atoms with van der Waals surface area (Å²) in [7, 11) is 1.32. The van der Waals surface area contributed by atoms with E-state index in [9.17, 15) is 10.1 Å². The van der Waals surface area contributed by atoms with Gasteiger partial charge in [0.2, 0.25) is 5.82 Å². The molecule has 0 aliphatic carbocycles. The molecular formula is C7H10N4O3. The third kappa shape index (κ3) is 1.87. The number of methoxy groups -OCH3 is 1. The first kappa shape index (κ1) is 10.2. The molecule has 0 saturated carbocycles. The van der Waals surface area contributed by atoms with Gasteiger partial charge >= 0.3 is 5.69 Å². The number of nitro groups is 1. The zero-order valence-electron chi connectivity index (χ0n) is 7.85. The molecule has 14 heavy (non-hydrogen) atoms. The monoisotopic (exact) mass is 198 g/mol. The summed E-state index contributed by atoms with van der Waals surface area (Å²) in [5.41, 5.74) is -0.239. The third-order valence-corrected chi connectivity index (χ3v) is 1.51. The molecule has 0 aromatic carbocycles. The van der Waals surface area contributed by atoms with Crippen LogP contribution in [0, 0.1) is 10.1 Å². The maximum absolute atomic E-state index is 10.7. The van der Waals surface area contributed by atoms with E-state index < -0.39 is 4.92 Å². The molecule has 7 heteroatoms. The number of nitrogens with zero attached hydrogens (tertiary/aromatic N) is 3. The van der Waals surface area contributed by atoms with E-state index >= 15 is 0 Å². The Balaban J connectivity index is 3.20. The minimum Gasteiger partial charge on any atom is -0.476 e. The Morgan fingerprint density at radius 1 is 1.64 bits per heavy atom. The van der Waals surface area contributed by atoms with Gasteiger partial charge in [-0.05, 0) is 6.92 Å². The van der Waals surface area contributed by atoms with Crippen LogP contribution in [-0.2, 0) is 0 Å². The Morgan fingerprint density at radius 3 is 2.86 bits per heavy atom. The van der Waals surface area contributed by atoms with E-state index in [1.165, 1.54) is 13.4 Å². The minimum atomic E-state index is -0.573. The number of hydrogen-bond donors (Lipinski definition) is 1. The highest BCUT2D eigenvalue weighted by Crippen LogP contribution is 2.29. The van der Waals surface area contributed by atoms with Gasteiger partial charge in [-0.15, -0.1) is 0 Å². The van der Waals surface area contributed by atoms with Crippen LogP contribution in [0.4, 0.5) is 11.5 Å². The van der Waals surface area contributed by atoms with E-state index in [0.717, 1.165) is 0 Å². The predicted molar refractivity (Wildman–Crippen MR) is 49.4 cm³/mol. The number of ether oxygens (including phenoxy) is 1. The van der Waals surface area contributed by atoms with Gasteiger partial charge in [0.05, 0.1) is 12.0 Å². The molecule has 0 saturated heterocycles. The highest BCUT2D eigenvalue weighted by molar-refractivity contribution is 5.60. The van der Waals surface area contributed by atoms with Crippen molar-refractivity contribution in [2.45, 2.75) is 6.92 Å². The Morgan fingerprint density at radius 2 is 2.36 bits per heavy atom. The van der Waals surface area contributed by atoms with Crippen LogP contribution < -0.4 is 10.1 Å². The van der Waals surface area contributed by atoms with Crippen LogP contribution >= 0.6 is 0 Å². The van der Waals surface area contributed by atoms with Crippen molar-refractivity contribution in [2.24, 2.45) is 0 Å². The highest BCUT2D eigenvalue weighted by Gasteiger charge is 2.22. The van der Waals surface area contributed by atoms with E-state index in [2.05, 4.69) is 15.3 Å². The highest BCUT2D eigenvalue weighted by atomic mass is 16.6. The van der Waals surface area contributed by atoms with Gasteiger partial charge in [-0.2, -0.15) is 4.98 Å². The predicted octanol–water partition coefficient (Wildman–Crippen LogP) is 0.825. The molecule has 7 nitrogen and oxygen atoms in total. The number of hydrogen-bond acceptors (Lipinski definition) is 6. The molecule has 0 atom stereocenters. The molecule has 0 radical (unpaired) electrons. The van der Waals surface area contributed by atoms with Crippen LogP contribution in [0.3, 0.4) is 0 Å². The lowest BCUT2D eigenvalue weighted by molar-refractivity contribution is -0.385. The van der Waals surface area contributed by atoms with E-state index in [1.54, 1.807) is 0 Å². The van der Waals surface area contributed by atoms with Crippen LogP contribution in [0.5, 0.6) is 5.88 Å². The quantitative estimate of drug-likeness (QED) is 0.569. The zero-order valence-corrected chi connectivity index (χ0v) is 7.85. The normalized spacial score (nSPS) is 9.57. The topological polar surface area (TPSA) is 90.2 Å². The Kier molecular flexibility index (Phi) is 3.16. The van der Waals surface area contributed by atoms with E-state index in [-0.39, 0.29) is 17.4 Å². The molecule has 1 N–H and O–H groups in total. The zero-order chi connectivity index (χ0) is 10.6. The smallest absolute Gasteiger partial charge is 0.372 e. The van der Waals surface area contributed by atoms with Crippen molar-refractivity contribution in [3.05, 3.63) is 16.4 Å².